The van der Waals surface area contributed by atoms with Crippen molar-refractivity contribution in [3.63, 3.8) is 0 Å². The summed E-state index contributed by atoms with van der Waals surface area (Å²) in [5.41, 5.74) is 0. The fourth-order valence-corrected chi connectivity index (χ4v) is 9.54. The Bertz CT molecular complexity index is 1340. The zero-order valence-corrected chi connectivity index (χ0v) is 50.1. The van der Waals surface area contributed by atoms with Gasteiger partial charge in [-0.3, -0.25) is 14.4 Å². The number of rotatable bonds is 60. The molecule has 436 valence electrons. The molecule has 75 heavy (non-hydrogen) atoms. The van der Waals surface area contributed by atoms with Crippen LogP contribution in [-0.4, -0.2) is 37.2 Å². The molecule has 0 amide bonds. The van der Waals surface area contributed by atoms with Gasteiger partial charge in [-0.1, -0.05) is 293 Å². The van der Waals surface area contributed by atoms with Gasteiger partial charge in [-0.15, -0.1) is 0 Å². The maximum atomic E-state index is 12.8. The summed E-state index contributed by atoms with van der Waals surface area (Å²) in [6.45, 7) is 6.55. The number of allylic oxidation sites excluding steroid dienone is 10. The molecule has 6 nitrogen and oxygen atoms in total. The van der Waals surface area contributed by atoms with Crippen LogP contribution in [0.25, 0.3) is 0 Å². The summed E-state index contributed by atoms with van der Waals surface area (Å²) in [5.74, 6) is -0.876. The molecule has 0 aromatic heterocycles. The van der Waals surface area contributed by atoms with E-state index in [-0.39, 0.29) is 31.1 Å². The lowest BCUT2D eigenvalue weighted by Gasteiger charge is -2.18. The Labute approximate surface area is 466 Å². The Morgan fingerprint density at radius 3 is 0.773 bits per heavy atom. The van der Waals surface area contributed by atoms with Crippen molar-refractivity contribution in [3.05, 3.63) is 60.8 Å². The first-order valence-electron chi connectivity index (χ1n) is 32.8. The molecule has 6 heteroatoms. The van der Waals surface area contributed by atoms with E-state index in [1.165, 1.54) is 218 Å². The highest BCUT2D eigenvalue weighted by atomic mass is 16.6. The number of hydrogen-bond donors (Lipinski definition) is 0. The van der Waals surface area contributed by atoms with Gasteiger partial charge in [0, 0.05) is 19.3 Å². The van der Waals surface area contributed by atoms with Crippen LogP contribution in [0.3, 0.4) is 0 Å². The van der Waals surface area contributed by atoms with Crippen LogP contribution in [0.15, 0.2) is 60.8 Å². The van der Waals surface area contributed by atoms with Crippen LogP contribution >= 0.6 is 0 Å². The van der Waals surface area contributed by atoms with E-state index >= 15 is 0 Å². The van der Waals surface area contributed by atoms with Crippen molar-refractivity contribution in [2.45, 2.75) is 348 Å². The molecule has 0 radical (unpaired) electrons. The third-order valence-corrected chi connectivity index (χ3v) is 14.5. The predicted octanol–water partition coefficient (Wildman–Crippen LogP) is 22.3. The first-order chi connectivity index (χ1) is 37.0. The Kier molecular flexibility index (Phi) is 61.2. The molecule has 0 saturated heterocycles. The lowest BCUT2D eigenvalue weighted by molar-refractivity contribution is -0.167. The molecular weight excluding hydrogens is 925 g/mol. The number of carbonyl (C=O) groups is 3. The smallest absolute Gasteiger partial charge is 0.306 e. The summed E-state index contributed by atoms with van der Waals surface area (Å²) in [4.78, 5) is 37.9. The SMILES string of the molecule is CCCCC/C=C\C/C=C\CCCCCCCCCCCC(=O)OC(COC(=O)CCCCCCC)COC(=O)CCCCCCCCCCCCCCCCCCCC/C=C\C/C=C\C/C=C\CCCCCCC. The molecule has 0 aliphatic carbocycles. The molecule has 0 saturated carbocycles. The summed E-state index contributed by atoms with van der Waals surface area (Å²) in [7, 11) is 0. The fraction of sp³-hybridized carbons (Fsp3) is 0.812. The summed E-state index contributed by atoms with van der Waals surface area (Å²) < 4.78 is 16.8. The Morgan fingerprint density at radius 1 is 0.267 bits per heavy atom. The highest BCUT2D eigenvalue weighted by Gasteiger charge is 2.19. The highest BCUT2D eigenvalue weighted by molar-refractivity contribution is 5.71. The van der Waals surface area contributed by atoms with E-state index in [0.29, 0.717) is 19.3 Å². The van der Waals surface area contributed by atoms with Crippen molar-refractivity contribution in [2.75, 3.05) is 13.2 Å². The average Bonchev–Trinajstić information content (AvgIpc) is 3.41. The molecule has 0 aliphatic rings. The van der Waals surface area contributed by atoms with Crippen molar-refractivity contribution in [1.82, 2.24) is 0 Å². The standard InChI is InChI=1S/C69H124O6/c1-4-7-10-13-15-17-19-21-23-25-27-28-29-30-31-32-33-34-35-36-37-38-39-40-42-43-45-47-49-51-53-56-59-62-68(71)74-65-66(64-73-67(70)61-58-55-12-9-6-3)75-69(72)63-60-57-54-52-50-48-46-44-41-26-24-22-20-18-16-14-11-8-5-2/h16,18-19,21-22,24-25,27,29-30,66H,4-15,17,20,23,26,28,31-65H2,1-3H3/b18-16-,21-19-,24-22-,27-25-,30-29-. The second kappa shape index (κ2) is 63.6. The van der Waals surface area contributed by atoms with Gasteiger partial charge in [0.2, 0.25) is 0 Å². The van der Waals surface area contributed by atoms with Crippen molar-refractivity contribution in [3.8, 4) is 0 Å². The lowest BCUT2D eigenvalue weighted by atomic mass is 10.0. The fourth-order valence-electron chi connectivity index (χ4n) is 9.54. The number of ether oxygens (including phenoxy) is 3. The van der Waals surface area contributed by atoms with Crippen LogP contribution in [0.1, 0.15) is 342 Å². The monoisotopic (exact) mass is 1050 g/mol. The molecule has 0 bridgehead atoms. The number of hydrogen-bond acceptors (Lipinski definition) is 6. The van der Waals surface area contributed by atoms with Crippen LogP contribution in [0.4, 0.5) is 0 Å². The molecule has 0 aliphatic heterocycles. The van der Waals surface area contributed by atoms with Gasteiger partial charge in [-0.25, -0.2) is 0 Å². The maximum Gasteiger partial charge on any atom is 0.306 e. The van der Waals surface area contributed by atoms with Crippen LogP contribution in [-0.2, 0) is 28.6 Å². The number of carbonyl (C=O) groups excluding carboxylic acids is 3. The second-order valence-electron chi connectivity index (χ2n) is 22.0. The molecule has 0 heterocycles. The van der Waals surface area contributed by atoms with E-state index < -0.39 is 6.10 Å². The van der Waals surface area contributed by atoms with Crippen LogP contribution in [0, 0.1) is 0 Å². The topological polar surface area (TPSA) is 78.9 Å². The molecule has 1 atom stereocenters. The first kappa shape index (κ1) is 72.1. The Hall–Kier alpha value is -2.89. The third-order valence-electron chi connectivity index (χ3n) is 14.5. The van der Waals surface area contributed by atoms with E-state index in [0.717, 1.165) is 83.5 Å². The van der Waals surface area contributed by atoms with E-state index in [4.69, 9.17) is 14.2 Å². The molecular formula is C69H124O6. The van der Waals surface area contributed by atoms with E-state index in [1.54, 1.807) is 0 Å². The van der Waals surface area contributed by atoms with E-state index in [1.807, 2.05) is 0 Å². The first-order valence-corrected chi connectivity index (χ1v) is 32.8. The molecule has 0 rings (SSSR count). The number of esters is 3. The predicted molar refractivity (Wildman–Crippen MR) is 325 cm³/mol. The molecule has 0 aromatic rings. The zero-order chi connectivity index (χ0) is 54.3. The van der Waals surface area contributed by atoms with Gasteiger partial charge in [0.15, 0.2) is 6.10 Å². The molecule has 0 spiro atoms. The van der Waals surface area contributed by atoms with Crippen molar-refractivity contribution >= 4 is 17.9 Å². The summed E-state index contributed by atoms with van der Waals surface area (Å²) in [6, 6.07) is 0. The van der Waals surface area contributed by atoms with Crippen LogP contribution in [0.5, 0.6) is 0 Å². The summed E-state index contributed by atoms with van der Waals surface area (Å²) >= 11 is 0. The summed E-state index contributed by atoms with van der Waals surface area (Å²) in [6.07, 6.45) is 81.5. The zero-order valence-electron chi connectivity index (χ0n) is 50.1. The van der Waals surface area contributed by atoms with Gasteiger partial charge >= 0.3 is 17.9 Å². The molecule has 0 aromatic carbocycles. The average molecular weight is 1050 g/mol. The van der Waals surface area contributed by atoms with E-state index in [2.05, 4.69) is 81.5 Å². The Balaban J connectivity index is 3.94. The van der Waals surface area contributed by atoms with Crippen LogP contribution < -0.4 is 0 Å². The minimum Gasteiger partial charge on any atom is -0.462 e. The largest absolute Gasteiger partial charge is 0.462 e. The van der Waals surface area contributed by atoms with Gasteiger partial charge in [-0.2, -0.15) is 0 Å². The van der Waals surface area contributed by atoms with Gasteiger partial charge in [0.25, 0.3) is 0 Å². The molecule has 0 N–H and O–H groups in total. The van der Waals surface area contributed by atoms with Gasteiger partial charge in [-0.05, 0) is 89.9 Å². The van der Waals surface area contributed by atoms with Gasteiger partial charge in [0.05, 0.1) is 0 Å². The van der Waals surface area contributed by atoms with Gasteiger partial charge < -0.3 is 14.2 Å². The minimum atomic E-state index is -0.771. The van der Waals surface area contributed by atoms with Crippen molar-refractivity contribution in [2.24, 2.45) is 0 Å². The van der Waals surface area contributed by atoms with Gasteiger partial charge in [0.1, 0.15) is 13.2 Å². The maximum absolute atomic E-state index is 12.8. The number of unbranched alkanes of at least 4 members (excludes halogenated alkanes) is 39. The molecule has 0 fully saturated rings. The molecule has 1 unspecified atom stereocenters. The lowest BCUT2D eigenvalue weighted by Crippen LogP contribution is -2.30. The van der Waals surface area contributed by atoms with Crippen LogP contribution in [0.2, 0.25) is 0 Å². The normalized spacial score (nSPS) is 12.4. The van der Waals surface area contributed by atoms with Crippen molar-refractivity contribution < 1.29 is 28.6 Å². The summed E-state index contributed by atoms with van der Waals surface area (Å²) in [5, 5.41) is 0. The third kappa shape index (κ3) is 61.8. The van der Waals surface area contributed by atoms with E-state index in [9.17, 15) is 14.4 Å². The Morgan fingerprint density at radius 2 is 0.480 bits per heavy atom. The highest BCUT2D eigenvalue weighted by Crippen LogP contribution is 2.17. The quantitative estimate of drug-likeness (QED) is 0.0261. The minimum absolute atomic E-state index is 0.0727. The van der Waals surface area contributed by atoms with Crippen molar-refractivity contribution in [1.29, 1.82) is 0 Å². The second-order valence-corrected chi connectivity index (χ2v) is 22.0.